The Morgan fingerprint density at radius 1 is 1.18 bits per heavy atom. The average molecular weight is 375 g/mol. The molecule has 2 aromatic heterocycles. The van der Waals surface area contributed by atoms with E-state index >= 15 is 0 Å². The Morgan fingerprint density at radius 2 is 1.96 bits per heavy atom. The Kier molecular flexibility index (Phi) is 6.32. The first-order valence-corrected chi connectivity index (χ1v) is 9.40. The van der Waals surface area contributed by atoms with E-state index in [-0.39, 0.29) is 11.9 Å². The summed E-state index contributed by atoms with van der Waals surface area (Å²) >= 11 is 0. The third-order valence-corrected chi connectivity index (χ3v) is 4.60. The lowest BCUT2D eigenvalue weighted by molar-refractivity contribution is 0.0940. The lowest BCUT2D eigenvalue weighted by Crippen LogP contribution is -2.34. The molecule has 0 fully saturated rings. The smallest absolute Gasteiger partial charge is 0.251 e. The van der Waals surface area contributed by atoms with Gasteiger partial charge in [-0.25, -0.2) is 9.97 Å². The summed E-state index contributed by atoms with van der Waals surface area (Å²) in [5, 5.41) is 3.04. The van der Waals surface area contributed by atoms with Crippen molar-refractivity contribution in [2.45, 2.75) is 26.3 Å². The molecule has 6 nitrogen and oxygen atoms in total. The van der Waals surface area contributed by atoms with E-state index in [1.54, 1.807) is 12.5 Å². The SMILES string of the molecule is CCN(C)c1cc(-c2ccc(C(=O)N[C@@H](C)Cc3cccnc3)cc2)ncn1. The van der Waals surface area contributed by atoms with Gasteiger partial charge in [0.1, 0.15) is 12.1 Å². The molecular weight excluding hydrogens is 350 g/mol. The van der Waals surface area contributed by atoms with E-state index in [4.69, 9.17) is 0 Å². The first-order valence-electron chi connectivity index (χ1n) is 9.40. The summed E-state index contributed by atoms with van der Waals surface area (Å²) in [5.74, 6) is 0.788. The second-order valence-corrected chi connectivity index (χ2v) is 6.79. The van der Waals surface area contributed by atoms with Crippen molar-refractivity contribution in [1.82, 2.24) is 20.3 Å². The van der Waals surface area contributed by atoms with E-state index in [9.17, 15) is 4.79 Å². The summed E-state index contributed by atoms with van der Waals surface area (Å²) in [4.78, 5) is 27.3. The van der Waals surface area contributed by atoms with Crippen LogP contribution >= 0.6 is 0 Å². The number of rotatable bonds is 7. The summed E-state index contributed by atoms with van der Waals surface area (Å²) in [7, 11) is 1.99. The number of carbonyl (C=O) groups is 1. The van der Waals surface area contributed by atoms with E-state index in [0.29, 0.717) is 5.56 Å². The highest BCUT2D eigenvalue weighted by Gasteiger charge is 2.11. The van der Waals surface area contributed by atoms with Gasteiger partial charge in [-0.05, 0) is 44.0 Å². The molecule has 1 atom stereocenters. The maximum absolute atomic E-state index is 12.5. The quantitative estimate of drug-likeness (QED) is 0.686. The van der Waals surface area contributed by atoms with Gasteiger partial charge in [0.05, 0.1) is 5.69 Å². The summed E-state index contributed by atoms with van der Waals surface area (Å²) in [6, 6.07) is 13.4. The van der Waals surface area contributed by atoms with Crippen molar-refractivity contribution in [3.63, 3.8) is 0 Å². The van der Waals surface area contributed by atoms with E-state index in [0.717, 1.165) is 35.6 Å². The van der Waals surface area contributed by atoms with Gasteiger partial charge < -0.3 is 10.2 Å². The molecule has 0 radical (unpaired) electrons. The van der Waals surface area contributed by atoms with Gasteiger partial charge >= 0.3 is 0 Å². The fourth-order valence-electron chi connectivity index (χ4n) is 2.90. The number of aromatic nitrogens is 3. The maximum Gasteiger partial charge on any atom is 0.251 e. The van der Waals surface area contributed by atoms with E-state index < -0.39 is 0 Å². The highest BCUT2D eigenvalue weighted by atomic mass is 16.1. The van der Waals surface area contributed by atoms with Gasteiger partial charge in [0.15, 0.2) is 0 Å². The molecule has 3 rings (SSSR count). The van der Waals surface area contributed by atoms with E-state index in [1.165, 1.54) is 0 Å². The second-order valence-electron chi connectivity index (χ2n) is 6.79. The minimum Gasteiger partial charge on any atom is -0.360 e. The van der Waals surface area contributed by atoms with Crippen LogP contribution in [0.2, 0.25) is 0 Å². The number of anilines is 1. The minimum absolute atomic E-state index is 0.0189. The molecule has 0 saturated heterocycles. The zero-order valence-electron chi connectivity index (χ0n) is 16.5. The molecular formula is C22H25N5O. The predicted molar refractivity (Wildman–Crippen MR) is 111 cm³/mol. The Balaban J connectivity index is 1.66. The van der Waals surface area contributed by atoms with Gasteiger partial charge in [0.25, 0.3) is 5.91 Å². The summed E-state index contributed by atoms with van der Waals surface area (Å²) < 4.78 is 0. The van der Waals surface area contributed by atoms with Gasteiger partial charge in [0.2, 0.25) is 0 Å². The van der Waals surface area contributed by atoms with Crippen LogP contribution in [0.5, 0.6) is 0 Å². The van der Waals surface area contributed by atoms with E-state index in [1.807, 2.05) is 62.6 Å². The number of hydrogen-bond donors (Lipinski definition) is 1. The number of nitrogens with one attached hydrogen (secondary N) is 1. The van der Waals surface area contributed by atoms with Crippen LogP contribution in [-0.2, 0) is 6.42 Å². The number of pyridine rings is 1. The molecule has 0 unspecified atom stereocenters. The van der Waals surface area contributed by atoms with Crippen molar-refractivity contribution in [3.8, 4) is 11.3 Å². The number of carbonyl (C=O) groups excluding carboxylic acids is 1. The molecule has 1 N–H and O–H groups in total. The van der Waals surface area contributed by atoms with E-state index in [2.05, 4.69) is 32.1 Å². The molecule has 0 spiro atoms. The molecule has 1 aromatic carbocycles. The Hall–Kier alpha value is -3.28. The third-order valence-electron chi connectivity index (χ3n) is 4.60. The first-order chi connectivity index (χ1) is 13.6. The molecule has 6 heteroatoms. The van der Waals surface area contributed by atoms with Crippen molar-refractivity contribution in [2.75, 3.05) is 18.5 Å². The highest BCUT2D eigenvalue weighted by molar-refractivity contribution is 5.94. The number of nitrogens with zero attached hydrogens (tertiary/aromatic N) is 4. The van der Waals surface area contributed by atoms with Gasteiger partial charge in [-0.15, -0.1) is 0 Å². The van der Waals surface area contributed by atoms with Crippen molar-refractivity contribution >= 4 is 11.7 Å². The molecule has 0 aliphatic heterocycles. The molecule has 144 valence electrons. The number of amides is 1. The fourth-order valence-corrected chi connectivity index (χ4v) is 2.90. The lowest BCUT2D eigenvalue weighted by Gasteiger charge is -2.16. The van der Waals surface area contributed by atoms with Crippen LogP contribution in [0.1, 0.15) is 29.8 Å². The Morgan fingerprint density at radius 3 is 2.64 bits per heavy atom. The molecule has 2 heterocycles. The molecule has 1 amide bonds. The van der Waals surface area contributed by atoms with Gasteiger partial charge in [-0.1, -0.05) is 18.2 Å². The van der Waals surface area contributed by atoms with Crippen LogP contribution in [0.3, 0.4) is 0 Å². The average Bonchev–Trinajstić information content (AvgIpc) is 2.74. The topological polar surface area (TPSA) is 71.0 Å². The predicted octanol–water partition coefficient (Wildman–Crippen LogP) is 3.36. The van der Waals surface area contributed by atoms with Crippen LogP contribution in [0.25, 0.3) is 11.3 Å². The molecule has 28 heavy (non-hydrogen) atoms. The molecule has 0 aliphatic rings. The maximum atomic E-state index is 12.5. The zero-order chi connectivity index (χ0) is 19.9. The summed E-state index contributed by atoms with van der Waals surface area (Å²) in [5.41, 5.74) is 3.51. The standard InChI is InChI=1S/C22H25N5O/c1-4-27(3)21-13-20(24-15-25-21)18-7-9-19(10-8-18)22(28)26-16(2)12-17-6-5-11-23-14-17/h5-11,13-16H,4,12H2,1-3H3,(H,26,28)/t16-/m0/s1. The first kappa shape index (κ1) is 19.5. The normalized spacial score (nSPS) is 11.7. The van der Waals surface area contributed by atoms with Crippen molar-refractivity contribution in [2.24, 2.45) is 0 Å². The number of benzene rings is 1. The van der Waals surface area contributed by atoms with Crippen LogP contribution in [0, 0.1) is 0 Å². The molecule has 0 bridgehead atoms. The monoisotopic (exact) mass is 375 g/mol. The molecule has 3 aromatic rings. The van der Waals surface area contributed by atoms with Crippen molar-refractivity contribution in [3.05, 3.63) is 72.3 Å². The number of hydrogen-bond acceptors (Lipinski definition) is 5. The largest absolute Gasteiger partial charge is 0.360 e. The van der Waals surface area contributed by atoms with Crippen LogP contribution in [0.15, 0.2) is 61.2 Å². The lowest BCUT2D eigenvalue weighted by atomic mass is 10.1. The summed E-state index contributed by atoms with van der Waals surface area (Å²) in [6.45, 7) is 4.93. The van der Waals surface area contributed by atoms with Crippen LogP contribution in [0.4, 0.5) is 5.82 Å². The third kappa shape index (κ3) is 4.91. The zero-order valence-corrected chi connectivity index (χ0v) is 16.5. The van der Waals surface area contributed by atoms with Crippen molar-refractivity contribution < 1.29 is 4.79 Å². The molecule has 0 saturated carbocycles. The highest BCUT2D eigenvalue weighted by Crippen LogP contribution is 2.20. The Labute approximate surface area is 165 Å². The molecule has 0 aliphatic carbocycles. The minimum atomic E-state index is -0.0861. The Bertz CT molecular complexity index is 912. The van der Waals surface area contributed by atoms with Gasteiger partial charge in [-0.3, -0.25) is 9.78 Å². The van der Waals surface area contributed by atoms with Gasteiger partial charge in [-0.2, -0.15) is 0 Å². The second kappa shape index (κ2) is 9.08. The van der Waals surface area contributed by atoms with Gasteiger partial charge in [0, 0.05) is 49.2 Å². The van der Waals surface area contributed by atoms with Crippen LogP contribution < -0.4 is 10.2 Å². The van der Waals surface area contributed by atoms with Crippen LogP contribution in [-0.4, -0.2) is 40.5 Å². The fraction of sp³-hybridized carbons (Fsp3) is 0.273. The van der Waals surface area contributed by atoms with Crippen molar-refractivity contribution in [1.29, 1.82) is 0 Å². The summed E-state index contributed by atoms with van der Waals surface area (Å²) in [6.07, 6.45) is 5.88.